The molecule has 0 aliphatic heterocycles. The quantitative estimate of drug-likeness (QED) is 0.917. The molecule has 1 aromatic heterocycles. The lowest BCUT2D eigenvalue weighted by Gasteiger charge is -2.10. The Balaban J connectivity index is 1.96. The Labute approximate surface area is 119 Å². The largest absolute Gasteiger partial charge is 0.339 e. The predicted octanol–water partition coefficient (Wildman–Crippen LogP) is 3.75. The summed E-state index contributed by atoms with van der Waals surface area (Å²) in [4.78, 5) is 4.64. The summed E-state index contributed by atoms with van der Waals surface area (Å²) < 4.78 is 0. The summed E-state index contributed by atoms with van der Waals surface area (Å²) in [6.07, 6.45) is 4.20. The summed E-state index contributed by atoms with van der Waals surface area (Å²) in [5, 5.41) is 12.6. The summed E-state index contributed by atoms with van der Waals surface area (Å²) in [5.41, 5.74) is 5.26. The van der Waals surface area contributed by atoms with Crippen molar-refractivity contribution in [1.82, 2.24) is 4.98 Å². The number of hydrogen-bond donors (Lipinski definition) is 1. The van der Waals surface area contributed by atoms with Gasteiger partial charge in [0.15, 0.2) is 0 Å². The van der Waals surface area contributed by atoms with E-state index in [1.54, 1.807) is 0 Å². The van der Waals surface area contributed by atoms with Crippen LogP contribution in [0.25, 0.3) is 0 Å². The number of nitriles is 1. The average Bonchev–Trinajstić information content (AvgIpc) is 2.93. The van der Waals surface area contributed by atoms with Crippen LogP contribution >= 0.6 is 0 Å². The van der Waals surface area contributed by atoms with Crippen molar-refractivity contribution in [2.24, 2.45) is 0 Å². The predicted molar refractivity (Wildman–Crippen MR) is 80.1 cm³/mol. The van der Waals surface area contributed by atoms with Gasteiger partial charge in [-0.1, -0.05) is 19.1 Å². The lowest BCUT2D eigenvalue weighted by Crippen LogP contribution is -2.01. The van der Waals surface area contributed by atoms with Gasteiger partial charge < -0.3 is 5.32 Å². The monoisotopic (exact) mass is 263 g/mol. The summed E-state index contributed by atoms with van der Waals surface area (Å²) in [6, 6.07) is 12.5. The van der Waals surface area contributed by atoms with Crippen molar-refractivity contribution in [1.29, 1.82) is 5.26 Å². The molecule has 1 aromatic carbocycles. The van der Waals surface area contributed by atoms with Crippen molar-refractivity contribution in [3.8, 4) is 6.07 Å². The second-order valence-electron chi connectivity index (χ2n) is 5.13. The number of nitrogens with zero attached hydrogens (tertiary/aromatic N) is 2. The lowest BCUT2D eigenvalue weighted by atomic mass is 10.1. The first kappa shape index (κ1) is 12.7. The summed E-state index contributed by atoms with van der Waals surface area (Å²) in [6.45, 7) is 2.13. The number of aryl methyl sites for hydroxylation is 3. The molecule has 0 bridgehead atoms. The van der Waals surface area contributed by atoms with E-state index in [2.05, 4.69) is 35.4 Å². The second kappa shape index (κ2) is 5.34. The zero-order valence-electron chi connectivity index (χ0n) is 11.6. The maximum absolute atomic E-state index is 9.30. The molecule has 1 heterocycles. The van der Waals surface area contributed by atoms with E-state index in [-0.39, 0.29) is 0 Å². The van der Waals surface area contributed by atoms with Crippen LogP contribution in [0, 0.1) is 11.3 Å². The molecular weight excluding hydrogens is 246 g/mol. The highest BCUT2D eigenvalue weighted by molar-refractivity contribution is 5.64. The molecule has 2 aromatic rings. The van der Waals surface area contributed by atoms with Crippen LogP contribution in [0.2, 0.25) is 0 Å². The van der Waals surface area contributed by atoms with Crippen LogP contribution in [0.5, 0.6) is 0 Å². The van der Waals surface area contributed by atoms with Gasteiger partial charge in [-0.05, 0) is 55.0 Å². The number of benzene rings is 1. The van der Waals surface area contributed by atoms with Crippen LogP contribution in [-0.2, 0) is 19.3 Å². The smallest absolute Gasteiger partial charge is 0.148 e. The Bertz CT molecular complexity index is 683. The maximum atomic E-state index is 9.30. The first-order valence-corrected chi connectivity index (χ1v) is 7.09. The minimum Gasteiger partial charge on any atom is -0.339 e. The average molecular weight is 263 g/mol. The van der Waals surface area contributed by atoms with E-state index in [0.29, 0.717) is 11.4 Å². The Morgan fingerprint density at radius 3 is 3.00 bits per heavy atom. The highest BCUT2D eigenvalue weighted by Crippen LogP contribution is 2.27. The van der Waals surface area contributed by atoms with E-state index in [0.717, 1.165) is 37.1 Å². The molecule has 1 aliphatic rings. The number of aromatic nitrogens is 1. The van der Waals surface area contributed by atoms with Gasteiger partial charge in [0.1, 0.15) is 11.9 Å². The highest BCUT2D eigenvalue weighted by atomic mass is 15.0. The van der Waals surface area contributed by atoms with Crippen LogP contribution in [-0.4, -0.2) is 4.98 Å². The molecule has 0 spiro atoms. The molecule has 3 rings (SSSR count). The van der Waals surface area contributed by atoms with E-state index in [1.807, 2.05) is 18.2 Å². The van der Waals surface area contributed by atoms with Crippen molar-refractivity contribution in [2.45, 2.75) is 32.6 Å². The first-order chi connectivity index (χ1) is 9.80. The van der Waals surface area contributed by atoms with Gasteiger partial charge in [0.05, 0.1) is 5.56 Å². The number of anilines is 2. The van der Waals surface area contributed by atoms with Gasteiger partial charge in [0.2, 0.25) is 0 Å². The van der Waals surface area contributed by atoms with Crippen molar-refractivity contribution in [3.05, 3.63) is 52.7 Å². The van der Waals surface area contributed by atoms with E-state index in [9.17, 15) is 5.26 Å². The van der Waals surface area contributed by atoms with Crippen molar-refractivity contribution >= 4 is 11.5 Å². The van der Waals surface area contributed by atoms with Gasteiger partial charge in [-0.3, -0.25) is 0 Å². The zero-order chi connectivity index (χ0) is 13.9. The fourth-order valence-electron chi connectivity index (χ4n) is 2.66. The van der Waals surface area contributed by atoms with Gasteiger partial charge in [-0.2, -0.15) is 5.26 Å². The Morgan fingerprint density at radius 2 is 2.20 bits per heavy atom. The lowest BCUT2D eigenvalue weighted by molar-refractivity contribution is 0.900. The van der Waals surface area contributed by atoms with E-state index < -0.39 is 0 Å². The Hall–Kier alpha value is -2.34. The van der Waals surface area contributed by atoms with E-state index >= 15 is 0 Å². The topological polar surface area (TPSA) is 48.7 Å². The van der Waals surface area contributed by atoms with E-state index in [1.165, 1.54) is 11.1 Å². The summed E-state index contributed by atoms with van der Waals surface area (Å²) >= 11 is 0. The third kappa shape index (κ3) is 2.37. The molecule has 0 amide bonds. The maximum Gasteiger partial charge on any atom is 0.148 e. The molecule has 0 saturated carbocycles. The molecule has 0 saturated heterocycles. The van der Waals surface area contributed by atoms with Crippen LogP contribution in [0.4, 0.5) is 11.5 Å². The molecule has 1 N–H and O–H groups in total. The molecule has 20 heavy (non-hydrogen) atoms. The third-order valence-electron chi connectivity index (χ3n) is 3.77. The number of hydrogen-bond acceptors (Lipinski definition) is 3. The Morgan fingerprint density at radius 1 is 1.30 bits per heavy atom. The molecule has 3 nitrogen and oxygen atoms in total. The third-order valence-corrected chi connectivity index (χ3v) is 3.77. The van der Waals surface area contributed by atoms with Crippen LogP contribution < -0.4 is 5.32 Å². The highest BCUT2D eigenvalue weighted by Gasteiger charge is 2.16. The van der Waals surface area contributed by atoms with Crippen molar-refractivity contribution in [2.75, 3.05) is 5.32 Å². The zero-order valence-corrected chi connectivity index (χ0v) is 11.6. The second-order valence-corrected chi connectivity index (χ2v) is 5.13. The number of fused-ring (bicyclic) bond motifs is 1. The summed E-state index contributed by atoms with van der Waals surface area (Å²) in [7, 11) is 0. The van der Waals surface area contributed by atoms with Gasteiger partial charge >= 0.3 is 0 Å². The summed E-state index contributed by atoms with van der Waals surface area (Å²) in [5.74, 6) is 0.682. The van der Waals surface area contributed by atoms with E-state index in [4.69, 9.17) is 0 Å². The first-order valence-electron chi connectivity index (χ1n) is 7.09. The minimum absolute atomic E-state index is 0.632. The molecule has 0 fully saturated rings. The molecule has 0 atom stereocenters. The SMILES string of the molecule is CCc1cccc(Nc2nc3c(cc2C#N)CCC3)c1. The molecule has 0 radical (unpaired) electrons. The molecule has 3 heteroatoms. The van der Waals surface area contributed by atoms with Crippen LogP contribution in [0.1, 0.15) is 35.7 Å². The molecular formula is C17H17N3. The van der Waals surface area contributed by atoms with Gasteiger partial charge in [-0.15, -0.1) is 0 Å². The van der Waals surface area contributed by atoms with Gasteiger partial charge in [0.25, 0.3) is 0 Å². The Kier molecular flexibility index (Phi) is 3.39. The number of pyridine rings is 1. The van der Waals surface area contributed by atoms with Gasteiger partial charge in [-0.25, -0.2) is 4.98 Å². The number of nitrogens with one attached hydrogen (secondary N) is 1. The van der Waals surface area contributed by atoms with Crippen molar-refractivity contribution < 1.29 is 0 Å². The fourth-order valence-corrected chi connectivity index (χ4v) is 2.66. The number of rotatable bonds is 3. The van der Waals surface area contributed by atoms with Crippen molar-refractivity contribution in [3.63, 3.8) is 0 Å². The molecule has 0 unspecified atom stereocenters. The standard InChI is InChI=1S/C17H17N3/c1-2-12-5-3-7-15(9-12)19-17-14(11-18)10-13-6-4-8-16(13)20-17/h3,5,7,9-10H,2,4,6,8H2,1H3,(H,19,20). The van der Waals surface area contributed by atoms with Crippen LogP contribution in [0.3, 0.4) is 0 Å². The minimum atomic E-state index is 0.632. The fraction of sp³-hybridized carbons (Fsp3) is 0.294. The molecule has 100 valence electrons. The molecule has 1 aliphatic carbocycles. The van der Waals surface area contributed by atoms with Gasteiger partial charge in [0, 0.05) is 11.4 Å². The normalized spacial score (nSPS) is 12.8. The van der Waals surface area contributed by atoms with Crippen LogP contribution in [0.15, 0.2) is 30.3 Å².